The van der Waals surface area contributed by atoms with Crippen LogP contribution in [0.3, 0.4) is 0 Å². The predicted molar refractivity (Wildman–Crippen MR) is 54.0 cm³/mol. The minimum atomic E-state index is -1.40. The van der Waals surface area contributed by atoms with Crippen LogP contribution in [0.1, 0.15) is 0 Å². The highest BCUT2D eigenvalue weighted by molar-refractivity contribution is 9.07. The third-order valence-electron chi connectivity index (χ3n) is 1.04. The zero-order valence-electron chi connectivity index (χ0n) is 5.81. The fourth-order valence-electron chi connectivity index (χ4n) is 0.606. The van der Waals surface area contributed by atoms with Crippen LogP contribution < -0.4 is 4.52 Å². The van der Waals surface area contributed by atoms with Gasteiger partial charge < -0.3 is 4.52 Å². The third-order valence-corrected chi connectivity index (χ3v) is 3.04. The predicted octanol–water partition coefficient (Wildman–Crippen LogP) is 3.95. The monoisotopic (exact) mass is 314 g/mol. The van der Waals surface area contributed by atoms with Gasteiger partial charge in [0.25, 0.3) is 0 Å². The van der Waals surface area contributed by atoms with Crippen LogP contribution in [-0.4, -0.2) is 0 Å². The molecule has 0 bridgehead atoms. The van der Waals surface area contributed by atoms with Crippen molar-refractivity contribution in [1.29, 1.82) is 0 Å². The molecule has 12 heavy (non-hydrogen) atoms. The zero-order chi connectivity index (χ0) is 8.81. The lowest BCUT2D eigenvalue weighted by atomic mass is 10.3. The molecule has 0 N–H and O–H groups in total. The first-order chi connectivity index (χ1) is 5.86. The molecule has 0 aromatic heterocycles. The van der Waals surface area contributed by atoms with Gasteiger partial charge in [0, 0.05) is 0 Å². The van der Waals surface area contributed by atoms with Gasteiger partial charge in [0.1, 0.15) is 38.3 Å². The lowest BCUT2D eigenvalue weighted by Crippen LogP contribution is -1.85. The molecule has 0 heterocycles. The summed E-state index contributed by atoms with van der Waals surface area (Å²) < 4.78 is 14.6. The summed E-state index contributed by atoms with van der Waals surface area (Å²) in [4.78, 5) is 0. The average Bonchev–Trinajstić information content (AvgIpc) is 2.16. The molecule has 0 aliphatic carbocycles. The summed E-state index contributed by atoms with van der Waals surface area (Å²) >= 11 is 5.56. The topological polar surface area (TPSA) is 27.7 Å². The van der Waals surface area contributed by atoms with Gasteiger partial charge in [0.15, 0.2) is 0 Å². The third kappa shape index (κ3) is 3.37. The summed E-state index contributed by atoms with van der Waals surface area (Å²) in [6.07, 6.45) is 0. The smallest absolute Gasteiger partial charge is 0.421 e. The molecule has 0 saturated heterocycles. The highest BCUT2D eigenvalue weighted by Gasteiger charge is 2.11. The van der Waals surface area contributed by atoms with Crippen molar-refractivity contribution in [3.05, 3.63) is 30.3 Å². The Morgan fingerprint density at radius 3 is 2.08 bits per heavy atom. The van der Waals surface area contributed by atoms with Crippen molar-refractivity contribution in [3.8, 4) is 5.75 Å². The van der Waals surface area contributed by atoms with Crippen molar-refractivity contribution >= 4 is 41.1 Å². The maximum absolute atomic E-state index is 5.24. The van der Waals surface area contributed by atoms with Crippen molar-refractivity contribution in [2.45, 2.75) is 0 Å². The standard InChI is InChI=1S/C6H5Br2O3P/c7-10-12(11-8)9-6-4-2-1-3-5-6/h1-5H. The Bertz CT molecular complexity index is 217. The van der Waals surface area contributed by atoms with Gasteiger partial charge in [-0.3, -0.25) is 0 Å². The summed E-state index contributed by atoms with van der Waals surface area (Å²) in [7, 11) is -1.40. The van der Waals surface area contributed by atoms with Crippen LogP contribution in [0.2, 0.25) is 0 Å². The zero-order valence-corrected chi connectivity index (χ0v) is 9.88. The van der Waals surface area contributed by atoms with Gasteiger partial charge in [-0.05, 0) is 12.1 Å². The van der Waals surface area contributed by atoms with Crippen molar-refractivity contribution in [3.63, 3.8) is 0 Å². The van der Waals surface area contributed by atoms with E-state index in [1.54, 1.807) is 0 Å². The molecular formula is C6H5Br2O3P. The molecule has 1 aromatic rings. The Kier molecular flexibility index (Phi) is 5.11. The Morgan fingerprint density at radius 2 is 1.58 bits per heavy atom. The maximum atomic E-state index is 5.24. The molecule has 0 aliphatic heterocycles. The fourth-order valence-corrected chi connectivity index (χ4v) is 2.16. The number of hydrogen-bond acceptors (Lipinski definition) is 3. The molecule has 0 atom stereocenters. The van der Waals surface area contributed by atoms with Crippen LogP contribution in [0.5, 0.6) is 5.75 Å². The molecule has 0 spiro atoms. The fraction of sp³-hybridized carbons (Fsp3) is 0. The molecular weight excluding hydrogens is 311 g/mol. The largest absolute Gasteiger partial charge is 0.426 e. The van der Waals surface area contributed by atoms with Gasteiger partial charge in [-0.15, -0.1) is 0 Å². The van der Waals surface area contributed by atoms with Crippen molar-refractivity contribution < 1.29 is 11.8 Å². The summed E-state index contributed by atoms with van der Waals surface area (Å²) in [6, 6.07) is 9.26. The van der Waals surface area contributed by atoms with Gasteiger partial charge in [-0.2, -0.15) is 0 Å². The van der Waals surface area contributed by atoms with Crippen LogP contribution in [0.25, 0.3) is 0 Å². The highest BCUT2D eigenvalue weighted by atomic mass is 79.9. The van der Waals surface area contributed by atoms with Gasteiger partial charge >= 0.3 is 8.60 Å². The first-order valence-corrected chi connectivity index (χ1v) is 5.36. The molecule has 0 fully saturated rings. The van der Waals surface area contributed by atoms with Gasteiger partial charge in [-0.25, -0.2) is 7.23 Å². The van der Waals surface area contributed by atoms with Gasteiger partial charge in [0.05, 0.1) is 0 Å². The van der Waals surface area contributed by atoms with Crippen LogP contribution in [-0.2, 0) is 7.23 Å². The Morgan fingerprint density at radius 1 is 1.00 bits per heavy atom. The maximum Gasteiger partial charge on any atom is 0.421 e. The van der Waals surface area contributed by atoms with E-state index in [4.69, 9.17) is 4.52 Å². The lowest BCUT2D eigenvalue weighted by molar-refractivity contribution is 0.452. The molecule has 0 aliphatic rings. The number of hydrogen-bond donors (Lipinski definition) is 0. The van der Waals surface area contributed by atoms with E-state index in [0.29, 0.717) is 5.75 Å². The van der Waals surface area contributed by atoms with E-state index in [-0.39, 0.29) is 0 Å². The minimum absolute atomic E-state index is 0.697. The molecule has 6 heteroatoms. The van der Waals surface area contributed by atoms with Crippen LogP contribution >= 0.6 is 41.1 Å². The quantitative estimate of drug-likeness (QED) is 0.788. The summed E-state index contributed by atoms with van der Waals surface area (Å²) in [5.74, 6) is 0.697. The van der Waals surface area contributed by atoms with Crippen molar-refractivity contribution in [1.82, 2.24) is 0 Å². The van der Waals surface area contributed by atoms with E-state index in [9.17, 15) is 0 Å². The number of benzene rings is 1. The minimum Gasteiger partial charge on any atom is -0.426 e. The highest BCUT2D eigenvalue weighted by Crippen LogP contribution is 2.44. The molecule has 0 amide bonds. The molecule has 1 aromatic carbocycles. The molecule has 0 radical (unpaired) electrons. The van der Waals surface area contributed by atoms with Crippen molar-refractivity contribution in [2.75, 3.05) is 0 Å². The Balaban J connectivity index is 2.51. The number of halogens is 2. The average molecular weight is 316 g/mol. The summed E-state index contributed by atoms with van der Waals surface area (Å²) in [5.41, 5.74) is 0. The normalized spacial score (nSPS) is 10.2. The van der Waals surface area contributed by atoms with E-state index in [0.717, 1.165) is 0 Å². The number of rotatable bonds is 4. The SMILES string of the molecule is BrOP(OBr)Oc1ccccc1. The van der Waals surface area contributed by atoms with Crippen LogP contribution in [0.15, 0.2) is 30.3 Å². The van der Waals surface area contributed by atoms with E-state index >= 15 is 0 Å². The Labute approximate surface area is 88.9 Å². The van der Waals surface area contributed by atoms with E-state index in [1.165, 1.54) is 0 Å². The molecule has 66 valence electrons. The second-order valence-electron chi connectivity index (χ2n) is 1.77. The first-order valence-electron chi connectivity index (χ1n) is 2.97. The molecule has 1 rings (SSSR count). The molecule has 0 unspecified atom stereocenters. The van der Waals surface area contributed by atoms with E-state index in [2.05, 4.69) is 39.7 Å². The van der Waals surface area contributed by atoms with Crippen molar-refractivity contribution in [2.24, 2.45) is 0 Å². The summed E-state index contributed by atoms with van der Waals surface area (Å²) in [6.45, 7) is 0. The van der Waals surface area contributed by atoms with E-state index in [1.807, 2.05) is 30.3 Å². The second kappa shape index (κ2) is 5.89. The Hall–Kier alpha value is 0.330. The van der Waals surface area contributed by atoms with Gasteiger partial charge in [0.2, 0.25) is 0 Å². The molecule has 0 saturated carbocycles. The van der Waals surface area contributed by atoms with Crippen LogP contribution in [0.4, 0.5) is 0 Å². The van der Waals surface area contributed by atoms with Gasteiger partial charge in [-0.1, -0.05) is 18.2 Å². The molecule has 3 nitrogen and oxygen atoms in total. The lowest BCUT2D eigenvalue weighted by Gasteiger charge is -2.08. The van der Waals surface area contributed by atoms with E-state index < -0.39 is 8.60 Å². The van der Waals surface area contributed by atoms with Crippen LogP contribution in [0, 0.1) is 0 Å². The summed E-state index contributed by atoms with van der Waals surface area (Å²) in [5, 5.41) is 0. The first kappa shape index (κ1) is 10.4. The second-order valence-corrected chi connectivity index (χ2v) is 4.41. The number of para-hydroxylation sites is 1.